The number of aromatic nitrogens is 6. The van der Waals surface area contributed by atoms with E-state index in [0.717, 1.165) is 61.3 Å². The van der Waals surface area contributed by atoms with Crippen LogP contribution in [0.15, 0.2) is 116 Å². The summed E-state index contributed by atoms with van der Waals surface area (Å²) in [5.41, 5.74) is 7.68. The van der Waals surface area contributed by atoms with Crippen LogP contribution in [0.4, 0.5) is 0 Å². The predicted octanol–water partition coefficient (Wildman–Crippen LogP) is 9.01. The molecule has 0 bridgehead atoms. The molecule has 0 unspecified atom stereocenters. The molecule has 0 atom stereocenters. The molecular weight excluding hydrogens is 764 g/mol. The Hall–Kier alpha value is -5.26. The van der Waals surface area contributed by atoms with E-state index >= 15 is 0 Å². The fourth-order valence-corrected chi connectivity index (χ4v) is 6.38. The van der Waals surface area contributed by atoms with E-state index in [2.05, 4.69) is 101 Å². The molecule has 8 heteroatoms. The Bertz CT molecular complexity index is 2620. The van der Waals surface area contributed by atoms with Gasteiger partial charge in [-0.25, -0.2) is 15.0 Å². The van der Waals surface area contributed by atoms with E-state index in [-0.39, 0.29) is 26.5 Å². The summed E-state index contributed by atoms with van der Waals surface area (Å²) < 4.78 is 12.8. The molecule has 0 aliphatic heterocycles. The molecular formula is C39H28N6OPt. The van der Waals surface area contributed by atoms with E-state index in [1.807, 2.05) is 60.9 Å². The molecule has 9 rings (SSSR count). The van der Waals surface area contributed by atoms with E-state index in [9.17, 15) is 0 Å². The molecule has 47 heavy (non-hydrogen) atoms. The number of ether oxygens (including phenoxy) is 1. The molecule has 0 fully saturated rings. The van der Waals surface area contributed by atoms with Crippen molar-refractivity contribution in [1.82, 2.24) is 28.5 Å². The molecule has 0 saturated heterocycles. The summed E-state index contributed by atoms with van der Waals surface area (Å²) in [5.74, 6) is 2.78. The second-order valence-corrected chi connectivity index (χ2v) is 12.5. The van der Waals surface area contributed by atoms with Crippen LogP contribution in [0.3, 0.4) is 0 Å². The molecule has 0 aliphatic rings. The van der Waals surface area contributed by atoms with Crippen molar-refractivity contribution in [2.24, 2.45) is 0 Å². The Morgan fingerprint density at radius 2 is 1.45 bits per heavy atom. The van der Waals surface area contributed by atoms with Gasteiger partial charge < -0.3 is 13.9 Å². The van der Waals surface area contributed by atoms with Gasteiger partial charge in [-0.3, -0.25) is 4.40 Å². The first-order valence-electron chi connectivity index (χ1n) is 15.3. The first-order valence-corrected chi connectivity index (χ1v) is 15.3. The first kappa shape index (κ1) is 29.2. The van der Waals surface area contributed by atoms with Crippen molar-refractivity contribution in [3.8, 4) is 23.0 Å². The minimum atomic E-state index is -0.00884. The van der Waals surface area contributed by atoms with Gasteiger partial charge in [-0.2, -0.15) is 12.1 Å². The zero-order valence-corrected chi connectivity index (χ0v) is 28.1. The summed E-state index contributed by atoms with van der Waals surface area (Å²) >= 11 is 0. The number of hydrogen-bond acceptors (Lipinski definition) is 4. The van der Waals surface area contributed by atoms with Crippen molar-refractivity contribution in [2.75, 3.05) is 0 Å². The fourth-order valence-electron chi connectivity index (χ4n) is 6.38. The average Bonchev–Trinajstić information content (AvgIpc) is 3.71. The Labute approximate surface area is 285 Å². The minimum Gasteiger partial charge on any atom is -0.509 e. The maximum Gasteiger partial charge on any atom is 2.00 e. The Morgan fingerprint density at radius 3 is 2.32 bits per heavy atom. The molecule has 9 aromatic rings. The summed E-state index contributed by atoms with van der Waals surface area (Å²) in [4.78, 5) is 14.5. The van der Waals surface area contributed by atoms with Crippen LogP contribution in [-0.2, 0) is 26.5 Å². The normalized spacial score (nSPS) is 12.0. The number of fused-ring (bicyclic) bond motifs is 8. The summed E-state index contributed by atoms with van der Waals surface area (Å²) in [6, 6.07) is 41.8. The van der Waals surface area contributed by atoms with Gasteiger partial charge in [0.2, 0.25) is 5.78 Å². The van der Waals surface area contributed by atoms with Gasteiger partial charge in [0.15, 0.2) is 5.65 Å². The third-order valence-corrected chi connectivity index (χ3v) is 8.57. The van der Waals surface area contributed by atoms with Crippen molar-refractivity contribution in [2.45, 2.75) is 26.2 Å². The number of para-hydroxylation sites is 3. The zero-order valence-electron chi connectivity index (χ0n) is 25.9. The Balaban J connectivity index is 0.00000324. The van der Waals surface area contributed by atoms with Gasteiger partial charge in [0.05, 0.1) is 16.6 Å². The van der Waals surface area contributed by atoms with Crippen LogP contribution in [0.1, 0.15) is 26.3 Å². The van der Waals surface area contributed by atoms with Crippen LogP contribution in [0.5, 0.6) is 11.5 Å². The molecule has 4 aromatic carbocycles. The molecule has 5 heterocycles. The van der Waals surface area contributed by atoms with Crippen LogP contribution in [0.25, 0.3) is 61.3 Å². The summed E-state index contributed by atoms with van der Waals surface area (Å²) in [6.07, 6.45) is 3.70. The molecule has 0 saturated carbocycles. The van der Waals surface area contributed by atoms with Gasteiger partial charge in [0.1, 0.15) is 5.82 Å². The third kappa shape index (κ3) is 4.64. The number of imidazole rings is 2. The number of nitrogens with zero attached hydrogens (tertiary/aromatic N) is 6. The van der Waals surface area contributed by atoms with E-state index in [1.54, 1.807) is 0 Å². The van der Waals surface area contributed by atoms with Crippen molar-refractivity contribution in [3.63, 3.8) is 0 Å². The number of rotatable bonds is 4. The number of pyridine rings is 2. The molecule has 0 radical (unpaired) electrons. The Kier molecular flexibility index (Phi) is 6.78. The maximum absolute atomic E-state index is 6.47. The van der Waals surface area contributed by atoms with E-state index in [1.165, 1.54) is 5.56 Å². The third-order valence-electron chi connectivity index (χ3n) is 8.57. The van der Waals surface area contributed by atoms with Crippen molar-refractivity contribution in [1.29, 1.82) is 0 Å². The van der Waals surface area contributed by atoms with Crippen LogP contribution < -0.4 is 4.74 Å². The monoisotopic (exact) mass is 791 g/mol. The van der Waals surface area contributed by atoms with Gasteiger partial charge >= 0.3 is 21.1 Å². The van der Waals surface area contributed by atoms with Gasteiger partial charge in [-0.15, -0.1) is 35.7 Å². The smallest absolute Gasteiger partial charge is 0.509 e. The van der Waals surface area contributed by atoms with Crippen LogP contribution in [-0.4, -0.2) is 28.5 Å². The number of benzene rings is 4. The largest absolute Gasteiger partial charge is 2.00 e. The van der Waals surface area contributed by atoms with Crippen LogP contribution in [0.2, 0.25) is 0 Å². The molecule has 0 aliphatic carbocycles. The van der Waals surface area contributed by atoms with Crippen LogP contribution in [0, 0.1) is 12.1 Å². The van der Waals surface area contributed by atoms with Gasteiger partial charge in [0, 0.05) is 29.4 Å². The standard InChI is InChI=1S/C39H28N6O.Pt/c1-39(2,3)25-19-21-40-36(22-25)44-32-14-6-4-12-29(32)30-18-17-28(24-35(30)44)46-27-11-8-10-26(23-27)43-34-16-9-20-41-37(34)45-33-15-7-5-13-31(33)42-38(43)45;/h4-22H,1-3H3;/q-2;+2. The maximum atomic E-state index is 6.47. The van der Waals surface area contributed by atoms with Gasteiger partial charge in [0.25, 0.3) is 0 Å². The summed E-state index contributed by atoms with van der Waals surface area (Å²) in [5, 5.41) is 2.23. The molecule has 0 N–H and O–H groups in total. The van der Waals surface area contributed by atoms with Crippen molar-refractivity contribution >= 4 is 49.8 Å². The van der Waals surface area contributed by atoms with E-state index in [4.69, 9.17) is 19.7 Å². The molecule has 5 aromatic heterocycles. The summed E-state index contributed by atoms with van der Waals surface area (Å²) in [7, 11) is 0. The predicted molar refractivity (Wildman–Crippen MR) is 182 cm³/mol. The van der Waals surface area contributed by atoms with Crippen LogP contribution >= 0.6 is 0 Å². The summed E-state index contributed by atoms with van der Waals surface area (Å²) in [6.45, 7) is 6.65. The molecule has 0 spiro atoms. The van der Waals surface area contributed by atoms with E-state index in [0.29, 0.717) is 11.5 Å². The second-order valence-electron chi connectivity index (χ2n) is 12.5. The molecule has 0 amide bonds. The minimum absolute atomic E-state index is 0. The average molecular weight is 792 g/mol. The first-order chi connectivity index (χ1) is 22.4. The quantitative estimate of drug-likeness (QED) is 0.167. The van der Waals surface area contributed by atoms with E-state index < -0.39 is 0 Å². The fraction of sp³-hybridized carbons (Fsp3) is 0.103. The SMILES string of the molecule is CC(C)(C)c1ccnc(-n2c3[c-]c(Oc4[c-]c(-n5c6cccnc6n6c7ccccc7nc56)ccc4)ccc3c3ccccc32)c1.[Pt+2]. The number of hydrogen-bond donors (Lipinski definition) is 0. The van der Waals surface area contributed by atoms with Crippen molar-refractivity contribution in [3.05, 3.63) is 133 Å². The second kappa shape index (κ2) is 10.9. The van der Waals surface area contributed by atoms with Gasteiger partial charge in [-0.05, 0) is 58.8 Å². The Morgan fingerprint density at radius 1 is 0.660 bits per heavy atom. The van der Waals surface area contributed by atoms with Crippen molar-refractivity contribution < 1.29 is 25.8 Å². The zero-order chi connectivity index (χ0) is 31.0. The van der Waals surface area contributed by atoms with Gasteiger partial charge in [-0.1, -0.05) is 62.3 Å². The molecule has 7 nitrogen and oxygen atoms in total. The topological polar surface area (TPSA) is 62.2 Å². The molecule has 230 valence electrons.